The number of nitro benzene ring substituents is 2. The van der Waals surface area contributed by atoms with E-state index in [0.29, 0.717) is 9.64 Å². The van der Waals surface area contributed by atoms with E-state index < -0.39 is 38.6 Å². The Morgan fingerprint density at radius 2 is 1.59 bits per heavy atom. The van der Waals surface area contributed by atoms with E-state index in [4.69, 9.17) is 23.2 Å². The van der Waals surface area contributed by atoms with Crippen molar-refractivity contribution in [3.05, 3.63) is 63.7 Å². The largest absolute Gasteiger partial charge is 0.418 e. The topological polar surface area (TPSA) is 89.5 Å². The summed E-state index contributed by atoms with van der Waals surface area (Å²) in [6.07, 6.45) is -4.83. The highest BCUT2D eigenvalue weighted by Gasteiger charge is 2.42. The Bertz CT molecular complexity index is 966. The smallest absolute Gasteiger partial charge is 0.333 e. The highest BCUT2D eigenvalue weighted by molar-refractivity contribution is 14.1. The summed E-state index contributed by atoms with van der Waals surface area (Å²) in [5, 5.41) is 22.6. The number of anilines is 2. The van der Waals surface area contributed by atoms with E-state index in [-0.39, 0.29) is 34.8 Å². The van der Waals surface area contributed by atoms with Gasteiger partial charge in [0.15, 0.2) is 0 Å². The zero-order chi connectivity index (χ0) is 22.1. The molecule has 2 rings (SSSR count). The fraction of sp³-hybridized carbons (Fsp3) is 0.250. The maximum absolute atomic E-state index is 13.8. The molecule has 0 heterocycles. The molecule has 0 spiro atoms. The van der Waals surface area contributed by atoms with Crippen LogP contribution in [0.4, 0.5) is 35.9 Å². The standard InChI is InChI=1S/C16H11Cl2F3IN3O4/c1-2-3-23(15-11(17)4-8(22)5-12(15)18)14-10(16(19,20)21)6-9(24(26)27)7-13(14)25(28)29/h4-7H,2-3H2,1H3. The molecule has 2 aromatic carbocycles. The minimum atomic E-state index is -5.11. The van der Waals surface area contributed by atoms with Crippen molar-refractivity contribution in [2.24, 2.45) is 0 Å². The third-order valence-electron chi connectivity index (χ3n) is 3.76. The van der Waals surface area contributed by atoms with Crippen molar-refractivity contribution in [1.29, 1.82) is 0 Å². The van der Waals surface area contributed by atoms with Crippen LogP contribution in [0.25, 0.3) is 0 Å². The van der Waals surface area contributed by atoms with E-state index in [1.807, 2.05) is 22.6 Å². The first-order chi connectivity index (χ1) is 13.4. The second kappa shape index (κ2) is 8.88. The molecule has 13 heteroatoms. The SMILES string of the molecule is CCCN(c1c(Cl)cc(I)cc1Cl)c1c([N+](=O)[O-])cc([N+](=O)[O-])cc1C(F)(F)F. The normalized spacial score (nSPS) is 11.4. The summed E-state index contributed by atoms with van der Waals surface area (Å²) in [5.41, 5.74) is -4.58. The Kier molecular flexibility index (Phi) is 7.17. The molecule has 0 amide bonds. The zero-order valence-electron chi connectivity index (χ0n) is 14.5. The fourth-order valence-corrected chi connectivity index (χ4v) is 4.38. The molecule has 156 valence electrons. The second-order valence-corrected chi connectivity index (χ2v) is 7.80. The van der Waals surface area contributed by atoms with Gasteiger partial charge in [-0.1, -0.05) is 30.1 Å². The number of hydrogen-bond acceptors (Lipinski definition) is 5. The molecule has 0 saturated carbocycles. The van der Waals surface area contributed by atoms with Crippen LogP contribution in [0.3, 0.4) is 0 Å². The van der Waals surface area contributed by atoms with Gasteiger partial charge in [0.25, 0.3) is 11.4 Å². The summed E-state index contributed by atoms with van der Waals surface area (Å²) < 4.78 is 41.9. The number of rotatable bonds is 6. The Balaban J connectivity index is 2.98. The Morgan fingerprint density at radius 1 is 1.03 bits per heavy atom. The third-order valence-corrected chi connectivity index (χ3v) is 4.96. The van der Waals surface area contributed by atoms with E-state index >= 15 is 0 Å². The van der Waals surface area contributed by atoms with Gasteiger partial charge in [0.1, 0.15) is 5.69 Å². The summed E-state index contributed by atoms with van der Waals surface area (Å²) >= 11 is 14.3. The Hall–Kier alpha value is -1.86. The van der Waals surface area contributed by atoms with Crippen molar-refractivity contribution in [3.8, 4) is 0 Å². The minimum Gasteiger partial charge on any atom is -0.333 e. The van der Waals surface area contributed by atoms with Crippen LogP contribution in [0, 0.1) is 23.8 Å². The van der Waals surface area contributed by atoms with Crippen molar-refractivity contribution in [1.82, 2.24) is 0 Å². The van der Waals surface area contributed by atoms with Gasteiger partial charge in [-0.15, -0.1) is 0 Å². The van der Waals surface area contributed by atoms with E-state index in [0.717, 1.165) is 4.90 Å². The van der Waals surface area contributed by atoms with Gasteiger partial charge < -0.3 is 4.90 Å². The van der Waals surface area contributed by atoms with Gasteiger partial charge in [0.2, 0.25) is 0 Å². The molecule has 2 aromatic rings. The molecule has 0 aliphatic heterocycles. The maximum atomic E-state index is 13.8. The number of halogens is 6. The first-order valence-electron chi connectivity index (χ1n) is 7.84. The highest BCUT2D eigenvalue weighted by Crippen LogP contribution is 2.49. The molecule has 0 unspecified atom stereocenters. The number of hydrogen-bond donors (Lipinski definition) is 0. The van der Waals surface area contributed by atoms with Gasteiger partial charge in [-0.05, 0) is 41.1 Å². The van der Waals surface area contributed by atoms with E-state index in [2.05, 4.69) is 0 Å². The van der Waals surface area contributed by atoms with Crippen LogP contribution >= 0.6 is 45.8 Å². The van der Waals surface area contributed by atoms with Crippen molar-refractivity contribution in [3.63, 3.8) is 0 Å². The van der Waals surface area contributed by atoms with Gasteiger partial charge >= 0.3 is 6.18 Å². The predicted octanol–water partition coefficient (Wildman–Crippen LogP) is 6.98. The lowest BCUT2D eigenvalue weighted by atomic mass is 10.1. The molecule has 0 aromatic heterocycles. The summed E-state index contributed by atoms with van der Waals surface area (Å²) in [6.45, 7) is 1.54. The second-order valence-electron chi connectivity index (χ2n) is 5.74. The van der Waals surface area contributed by atoms with Crippen LogP contribution in [-0.2, 0) is 6.18 Å². The molecule has 29 heavy (non-hydrogen) atoms. The molecule has 0 aliphatic rings. The molecule has 0 bridgehead atoms. The van der Waals surface area contributed by atoms with Gasteiger partial charge in [-0.2, -0.15) is 13.2 Å². The summed E-state index contributed by atoms with van der Waals surface area (Å²) in [5.74, 6) is 0. The van der Waals surface area contributed by atoms with Gasteiger partial charge in [-0.25, -0.2) is 0 Å². The van der Waals surface area contributed by atoms with Crippen LogP contribution in [0.2, 0.25) is 10.0 Å². The zero-order valence-corrected chi connectivity index (χ0v) is 18.1. The quantitative estimate of drug-likeness (QED) is 0.215. The lowest BCUT2D eigenvalue weighted by Crippen LogP contribution is -2.24. The van der Waals surface area contributed by atoms with Crippen molar-refractivity contribution >= 4 is 68.5 Å². The monoisotopic (exact) mass is 563 g/mol. The Morgan fingerprint density at radius 3 is 2.00 bits per heavy atom. The molecule has 0 aliphatic carbocycles. The number of alkyl halides is 3. The molecule has 7 nitrogen and oxygen atoms in total. The summed E-state index contributed by atoms with van der Waals surface area (Å²) in [7, 11) is 0. The number of nitrogens with zero attached hydrogens (tertiary/aromatic N) is 3. The highest BCUT2D eigenvalue weighted by atomic mass is 127. The fourth-order valence-electron chi connectivity index (χ4n) is 2.70. The molecule has 0 fully saturated rings. The van der Waals surface area contributed by atoms with Crippen molar-refractivity contribution in [2.75, 3.05) is 11.4 Å². The third kappa shape index (κ3) is 5.01. The summed E-state index contributed by atoms with van der Waals surface area (Å²) in [6, 6.07) is 3.63. The Labute approximate surface area is 185 Å². The van der Waals surface area contributed by atoms with Gasteiger partial charge in [-0.3, -0.25) is 20.2 Å². The molecular weight excluding hydrogens is 553 g/mol. The molecular formula is C16H11Cl2F3IN3O4. The van der Waals surface area contributed by atoms with E-state index in [1.54, 1.807) is 6.92 Å². The van der Waals surface area contributed by atoms with E-state index in [1.165, 1.54) is 12.1 Å². The van der Waals surface area contributed by atoms with Crippen LogP contribution < -0.4 is 4.90 Å². The molecule has 0 radical (unpaired) electrons. The number of nitro groups is 2. The minimum absolute atomic E-state index is 0.0175. The predicted molar refractivity (Wildman–Crippen MR) is 111 cm³/mol. The van der Waals surface area contributed by atoms with E-state index in [9.17, 15) is 33.4 Å². The van der Waals surface area contributed by atoms with Crippen molar-refractivity contribution in [2.45, 2.75) is 19.5 Å². The summed E-state index contributed by atoms with van der Waals surface area (Å²) in [4.78, 5) is 21.3. The lowest BCUT2D eigenvalue weighted by Gasteiger charge is -2.28. The van der Waals surface area contributed by atoms with Crippen LogP contribution in [0.5, 0.6) is 0 Å². The average Bonchev–Trinajstić information content (AvgIpc) is 2.58. The first-order valence-corrected chi connectivity index (χ1v) is 9.68. The van der Waals surface area contributed by atoms with Crippen LogP contribution in [-0.4, -0.2) is 16.4 Å². The number of benzene rings is 2. The molecule has 0 N–H and O–H groups in total. The molecule has 0 saturated heterocycles. The van der Waals surface area contributed by atoms with Crippen LogP contribution in [0.15, 0.2) is 24.3 Å². The lowest BCUT2D eigenvalue weighted by molar-refractivity contribution is -0.394. The number of non-ortho nitro benzene ring substituents is 1. The molecule has 0 atom stereocenters. The van der Waals surface area contributed by atoms with Crippen LogP contribution in [0.1, 0.15) is 18.9 Å². The maximum Gasteiger partial charge on any atom is 0.418 e. The average molecular weight is 564 g/mol. The van der Waals surface area contributed by atoms with Gasteiger partial charge in [0, 0.05) is 16.2 Å². The first kappa shape index (κ1) is 23.4. The van der Waals surface area contributed by atoms with Gasteiger partial charge in [0.05, 0.1) is 37.2 Å². The van der Waals surface area contributed by atoms with Crippen molar-refractivity contribution < 1.29 is 23.0 Å².